The predicted molar refractivity (Wildman–Crippen MR) is 262 cm³/mol. The zero-order chi connectivity index (χ0) is 41.7. The van der Waals surface area contributed by atoms with E-state index in [0.29, 0.717) is 5.82 Å². The minimum atomic E-state index is -0.531. The van der Waals surface area contributed by atoms with Crippen molar-refractivity contribution in [1.29, 1.82) is 0 Å². The average molecular weight is 801 g/mol. The number of fused-ring (bicyclic) bond motifs is 5. The molecule has 0 spiro atoms. The van der Waals surface area contributed by atoms with Crippen molar-refractivity contribution in [2.75, 3.05) is 0 Å². The summed E-state index contributed by atoms with van der Waals surface area (Å²) < 4.78 is 0. The van der Waals surface area contributed by atoms with Gasteiger partial charge in [-0.15, -0.1) is 0 Å². The van der Waals surface area contributed by atoms with Crippen LogP contribution < -0.4 is 0 Å². The SMILES string of the molecule is c1ccc(-c2ccc(-c3nc(-c4ccc5ccccc5c4)cc(-c4ccc(-c5cccc6c5C(c5ccccc5)(c5ccccc5)c5ccccc5-6)c5ccccc45)n3)cc2)cc1. The molecule has 1 aliphatic carbocycles. The molecule has 0 unspecified atom stereocenters. The van der Waals surface area contributed by atoms with Crippen LogP contribution in [0, 0.1) is 0 Å². The standard InChI is InChI=1S/C61H40N2/c1-4-17-41(18-5-1)43-31-34-44(35-32-43)60-62-57(46-36-33-42-19-10-11-20-45(42)39-46)40-58(63-60)53-38-37-51(49-25-12-13-26-50(49)53)54-28-16-29-55-52-27-14-15-30-56(52)61(59(54)55,47-21-6-2-7-22-47)48-23-8-3-9-24-48/h1-40H. The normalized spacial score (nSPS) is 12.6. The van der Waals surface area contributed by atoms with Gasteiger partial charge in [-0.05, 0) is 89.3 Å². The molecule has 12 rings (SSSR count). The minimum Gasteiger partial charge on any atom is -0.228 e. The molecule has 2 heteroatoms. The highest BCUT2D eigenvalue weighted by Crippen LogP contribution is 2.59. The van der Waals surface area contributed by atoms with Gasteiger partial charge in [0.25, 0.3) is 0 Å². The first kappa shape index (κ1) is 36.6. The third kappa shape index (κ3) is 6.02. The first-order valence-corrected chi connectivity index (χ1v) is 21.6. The molecule has 0 bridgehead atoms. The molecule has 0 amide bonds. The molecule has 0 radical (unpaired) electrons. The molecule has 294 valence electrons. The van der Waals surface area contributed by atoms with E-state index in [4.69, 9.17) is 9.97 Å². The first-order valence-electron chi connectivity index (χ1n) is 21.6. The third-order valence-electron chi connectivity index (χ3n) is 13.0. The van der Waals surface area contributed by atoms with Gasteiger partial charge < -0.3 is 0 Å². The third-order valence-corrected chi connectivity index (χ3v) is 13.0. The number of hydrogen-bond acceptors (Lipinski definition) is 2. The second-order valence-corrected chi connectivity index (χ2v) is 16.4. The molecule has 1 heterocycles. The number of nitrogens with zero attached hydrogens (tertiary/aromatic N) is 2. The summed E-state index contributed by atoms with van der Waals surface area (Å²) in [4.78, 5) is 10.7. The van der Waals surface area contributed by atoms with Crippen LogP contribution in [0.15, 0.2) is 243 Å². The van der Waals surface area contributed by atoms with E-state index in [1.54, 1.807) is 0 Å². The Morgan fingerprint density at radius 3 is 1.52 bits per heavy atom. The van der Waals surface area contributed by atoms with Crippen molar-refractivity contribution >= 4 is 21.5 Å². The molecule has 2 nitrogen and oxygen atoms in total. The summed E-state index contributed by atoms with van der Waals surface area (Å²) in [6.45, 7) is 0. The van der Waals surface area contributed by atoms with Gasteiger partial charge in [0.2, 0.25) is 0 Å². The van der Waals surface area contributed by atoms with Crippen LogP contribution in [-0.4, -0.2) is 9.97 Å². The van der Waals surface area contributed by atoms with Crippen LogP contribution in [0.1, 0.15) is 22.3 Å². The van der Waals surface area contributed by atoms with Gasteiger partial charge in [0.1, 0.15) is 0 Å². The molecular weight excluding hydrogens is 761 g/mol. The maximum atomic E-state index is 5.39. The van der Waals surface area contributed by atoms with Crippen LogP contribution in [0.25, 0.3) is 88.8 Å². The van der Waals surface area contributed by atoms with Crippen LogP contribution >= 0.6 is 0 Å². The molecule has 0 N–H and O–H groups in total. The molecular formula is C61H40N2. The molecule has 0 aliphatic heterocycles. The molecule has 0 fully saturated rings. The lowest BCUT2D eigenvalue weighted by molar-refractivity contribution is 0.770. The molecule has 1 aliphatic rings. The highest BCUT2D eigenvalue weighted by molar-refractivity contribution is 6.07. The summed E-state index contributed by atoms with van der Waals surface area (Å²) in [7, 11) is 0. The Kier molecular flexibility index (Phi) is 8.76. The second kappa shape index (κ2) is 15.1. The van der Waals surface area contributed by atoms with E-state index in [1.165, 1.54) is 66.2 Å². The lowest BCUT2D eigenvalue weighted by atomic mass is 9.66. The highest BCUT2D eigenvalue weighted by Gasteiger charge is 2.47. The van der Waals surface area contributed by atoms with Crippen molar-refractivity contribution in [3.63, 3.8) is 0 Å². The zero-order valence-electron chi connectivity index (χ0n) is 34.5. The van der Waals surface area contributed by atoms with Crippen LogP contribution in [-0.2, 0) is 5.41 Å². The van der Waals surface area contributed by atoms with E-state index in [-0.39, 0.29) is 0 Å². The quantitative estimate of drug-likeness (QED) is 0.160. The summed E-state index contributed by atoms with van der Waals surface area (Å²) in [6.07, 6.45) is 0. The molecule has 63 heavy (non-hydrogen) atoms. The summed E-state index contributed by atoms with van der Waals surface area (Å²) in [5.41, 5.74) is 16.7. The van der Waals surface area contributed by atoms with Crippen molar-refractivity contribution < 1.29 is 0 Å². The smallest absolute Gasteiger partial charge is 0.160 e. The van der Waals surface area contributed by atoms with E-state index in [2.05, 4.69) is 243 Å². The van der Waals surface area contributed by atoms with Crippen molar-refractivity contribution in [1.82, 2.24) is 9.97 Å². The molecule has 0 saturated carbocycles. The van der Waals surface area contributed by atoms with Gasteiger partial charge in [0.05, 0.1) is 16.8 Å². The Labute approximate surface area is 367 Å². The van der Waals surface area contributed by atoms with Gasteiger partial charge >= 0.3 is 0 Å². The number of rotatable bonds is 7. The summed E-state index contributed by atoms with van der Waals surface area (Å²) in [5, 5.41) is 4.70. The van der Waals surface area contributed by atoms with E-state index in [0.717, 1.165) is 39.0 Å². The van der Waals surface area contributed by atoms with Crippen molar-refractivity contribution in [2.24, 2.45) is 0 Å². The van der Waals surface area contributed by atoms with Crippen LogP contribution in [0.5, 0.6) is 0 Å². The average Bonchev–Trinajstić information content (AvgIpc) is 3.68. The Bertz CT molecular complexity index is 3440. The number of aromatic nitrogens is 2. The van der Waals surface area contributed by atoms with Crippen LogP contribution in [0.3, 0.4) is 0 Å². The van der Waals surface area contributed by atoms with Crippen LogP contribution in [0.4, 0.5) is 0 Å². The number of benzene rings is 10. The first-order chi connectivity index (χ1) is 31.2. The van der Waals surface area contributed by atoms with E-state index in [9.17, 15) is 0 Å². The maximum absolute atomic E-state index is 5.39. The highest BCUT2D eigenvalue weighted by atomic mass is 14.9. The van der Waals surface area contributed by atoms with E-state index < -0.39 is 5.41 Å². The summed E-state index contributed by atoms with van der Waals surface area (Å²) in [5.74, 6) is 0.692. The van der Waals surface area contributed by atoms with Crippen molar-refractivity contribution in [3.8, 4) is 67.3 Å². The predicted octanol–water partition coefficient (Wildman–Crippen LogP) is 15.5. The van der Waals surface area contributed by atoms with Crippen molar-refractivity contribution in [3.05, 3.63) is 265 Å². The Morgan fingerprint density at radius 2 is 0.794 bits per heavy atom. The minimum absolute atomic E-state index is 0.531. The monoisotopic (exact) mass is 800 g/mol. The molecule has 0 atom stereocenters. The Balaban J connectivity index is 1.07. The summed E-state index contributed by atoms with van der Waals surface area (Å²) in [6, 6.07) is 87.8. The number of hydrogen-bond donors (Lipinski definition) is 0. The fourth-order valence-electron chi connectivity index (χ4n) is 10.1. The second-order valence-electron chi connectivity index (χ2n) is 16.4. The van der Waals surface area contributed by atoms with E-state index >= 15 is 0 Å². The Hall–Kier alpha value is -8.20. The zero-order valence-corrected chi connectivity index (χ0v) is 34.5. The van der Waals surface area contributed by atoms with Gasteiger partial charge in [-0.1, -0.05) is 231 Å². The van der Waals surface area contributed by atoms with Crippen LogP contribution in [0.2, 0.25) is 0 Å². The van der Waals surface area contributed by atoms with E-state index in [1.807, 2.05) is 0 Å². The lowest BCUT2D eigenvalue weighted by Crippen LogP contribution is -2.29. The molecule has 1 aromatic heterocycles. The largest absolute Gasteiger partial charge is 0.228 e. The molecule has 11 aromatic rings. The fraction of sp³-hybridized carbons (Fsp3) is 0.0164. The lowest BCUT2D eigenvalue weighted by Gasteiger charge is -2.35. The van der Waals surface area contributed by atoms with Gasteiger partial charge in [-0.3, -0.25) is 0 Å². The van der Waals surface area contributed by atoms with Gasteiger partial charge in [0, 0.05) is 16.7 Å². The Morgan fingerprint density at radius 1 is 0.286 bits per heavy atom. The molecule has 0 saturated heterocycles. The van der Waals surface area contributed by atoms with Crippen molar-refractivity contribution in [2.45, 2.75) is 5.41 Å². The maximum Gasteiger partial charge on any atom is 0.160 e. The fourth-order valence-corrected chi connectivity index (χ4v) is 10.1. The topological polar surface area (TPSA) is 25.8 Å². The summed E-state index contributed by atoms with van der Waals surface area (Å²) >= 11 is 0. The molecule has 10 aromatic carbocycles. The van der Waals surface area contributed by atoms with Gasteiger partial charge in [-0.2, -0.15) is 0 Å². The van der Waals surface area contributed by atoms with Gasteiger partial charge in [0.15, 0.2) is 5.82 Å². The van der Waals surface area contributed by atoms with Gasteiger partial charge in [-0.25, -0.2) is 9.97 Å².